The molecule has 18 heavy (non-hydrogen) atoms. The summed E-state index contributed by atoms with van der Waals surface area (Å²) >= 11 is 0. The lowest BCUT2D eigenvalue weighted by Crippen LogP contribution is -2.41. The van der Waals surface area contributed by atoms with Crippen LogP contribution >= 0.6 is 0 Å². The number of nitrogens with one attached hydrogen (secondary N) is 1. The second-order valence-corrected chi connectivity index (χ2v) is 3.70. The fourth-order valence-corrected chi connectivity index (χ4v) is 1.31. The van der Waals surface area contributed by atoms with Gasteiger partial charge in [-0.15, -0.1) is 0 Å². The van der Waals surface area contributed by atoms with Gasteiger partial charge >= 0.3 is 11.9 Å². The molecule has 0 unspecified atom stereocenters. The number of hydrogen-bond acceptors (Lipinski definition) is 4. The Labute approximate surface area is 102 Å². The first kappa shape index (κ1) is 13.7. The molecule has 0 saturated carbocycles. The maximum absolute atomic E-state index is 11.6. The molecule has 0 bridgehead atoms. The van der Waals surface area contributed by atoms with Crippen LogP contribution in [0.4, 0.5) is 0 Å². The molecule has 1 amide bonds. The van der Waals surface area contributed by atoms with E-state index in [1.807, 2.05) is 0 Å². The predicted octanol–water partition coefficient (Wildman–Crippen LogP) is -0.532. The Bertz CT molecular complexity index is 468. The zero-order valence-electron chi connectivity index (χ0n) is 9.66. The van der Waals surface area contributed by atoms with Crippen molar-refractivity contribution < 1.29 is 24.6 Å². The molecule has 8 heteroatoms. The number of carboxylic acids is 2. The molecule has 3 N–H and O–H groups in total. The van der Waals surface area contributed by atoms with Crippen LogP contribution in [0.5, 0.6) is 0 Å². The lowest BCUT2D eigenvalue weighted by atomic mass is 10.1. The van der Waals surface area contributed by atoms with Crippen LogP contribution in [0.2, 0.25) is 0 Å². The van der Waals surface area contributed by atoms with Crippen molar-refractivity contribution in [2.45, 2.75) is 18.9 Å². The second kappa shape index (κ2) is 5.80. The van der Waals surface area contributed by atoms with Gasteiger partial charge in [0.2, 0.25) is 0 Å². The summed E-state index contributed by atoms with van der Waals surface area (Å²) in [7, 11) is 1.62. The van der Waals surface area contributed by atoms with Crippen molar-refractivity contribution in [3.05, 3.63) is 18.0 Å². The minimum Gasteiger partial charge on any atom is -0.481 e. The Morgan fingerprint density at radius 3 is 2.56 bits per heavy atom. The molecule has 1 aromatic heterocycles. The summed E-state index contributed by atoms with van der Waals surface area (Å²) in [6, 6.07) is -1.23. The van der Waals surface area contributed by atoms with Crippen molar-refractivity contribution in [2.24, 2.45) is 7.05 Å². The number of rotatable bonds is 6. The van der Waals surface area contributed by atoms with E-state index in [2.05, 4.69) is 10.4 Å². The zero-order valence-corrected chi connectivity index (χ0v) is 9.66. The lowest BCUT2D eigenvalue weighted by Gasteiger charge is -2.12. The van der Waals surface area contributed by atoms with Crippen LogP contribution in [0.1, 0.15) is 23.2 Å². The van der Waals surface area contributed by atoms with E-state index in [0.29, 0.717) is 0 Å². The van der Waals surface area contributed by atoms with Gasteiger partial charge in [0.1, 0.15) is 6.04 Å². The molecule has 0 radical (unpaired) electrons. The number of carbonyl (C=O) groups excluding carboxylic acids is 1. The number of carboxylic acid groups (broad SMARTS) is 2. The van der Waals surface area contributed by atoms with Crippen LogP contribution in [-0.4, -0.2) is 43.9 Å². The normalized spacial score (nSPS) is 11.8. The number of aromatic nitrogens is 2. The highest BCUT2D eigenvalue weighted by atomic mass is 16.4. The van der Waals surface area contributed by atoms with Gasteiger partial charge in [-0.2, -0.15) is 5.10 Å². The average Bonchev–Trinajstić information content (AvgIpc) is 2.70. The van der Waals surface area contributed by atoms with Crippen LogP contribution in [0.3, 0.4) is 0 Å². The van der Waals surface area contributed by atoms with Gasteiger partial charge in [-0.1, -0.05) is 0 Å². The van der Waals surface area contributed by atoms with Gasteiger partial charge in [-0.05, 0) is 6.42 Å². The minimum atomic E-state index is -1.27. The quantitative estimate of drug-likeness (QED) is 0.628. The zero-order chi connectivity index (χ0) is 13.7. The number of nitrogens with zero attached hydrogens (tertiary/aromatic N) is 2. The molecule has 0 aliphatic heterocycles. The lowest BCUT2D eigenvalue weighted by molar-refractivity contribution is -0.140. The van der Waals surface area contributed by atoms with Crippen molar-refractivity contribution in [1.29, 1.82) is 0 Å². The van der Waals surface area contributed by atoms with Crippen LogP contribution in [0.15, 0.2) is 12.4 Å². The number of aliphatic carboxylic acids is 2. The second-order valence-electron chi connectivity index (χ2n) is 3.70. The van der Waals surface area contributed by atoms with Gasteiger partial charge < -0.3 is 15.5 Å². The summed E-state index contributed by atoms with van der Waals surface area (Å²) in [5, 5.41) is 23.4. The third-order valence-corrected chi connectivity index (χ3v) is 2.22. The predicted molar refractivity (Wildman–Crippen MR) is 59.0 cm³/mol. The van der Waals surface area contributed by atoms with Crippen molar-refractivity contribution >= 4 is 17.8 Å². The third kappa shape index (κ3) is 3.89. The van der Waals surface area contributed by atoms with Gasteiger partial charge in [-0.25, -0.2) is 4.79 Å². The highest BCUT2D eigenvalue weighted by molar-refractivity contribution is 5.96. The molecule has 1 heterocycles. The Kier molecular flexibility index (Phi) is 4.41. The summed E-state index contributed by atoms with van der Waals surface area (Å²) in [6.07, 6.45) is 2.23. The SMILES string of the molecule is Cn1cc(C(=O)N[C@@H](CCC(=O)O)C(=O)O)cn1. The highest BCUT2D eigenvalue weighted by Gasteiger charge is 2.22. The summed E-state index contributed by atoms with van der Waals surface area (Å²) < 4.78 is 1.40. The summed E-state index contributed by atoms with van der Waals surface area (Å²) in [4.78, 5) is 32.9. The molecule has 0 fully saturated rings. The van der Waals surface area contributed by atoms with E-state index >= 15 is 0 Å². The van der Waals surface area contributed by atoms with Gasteiger partial charge in [0, 0.05) is 19.7 Å². The molecule has 0 aliphatic carbocycles. The van der Waals surface area contributed by atoms with Crippen molar-refractivity contribution in [3.8, 4) is 0 Å². The third-order valence-electron chi connectivity index (χ3n) is 2.22. The van der Waals surface area contributed by atoms with E-state index in [-0.39, 0.29) is 18.4 Å². The van der Waals surface area contributed by atoms with E-state index < -0.39 is 23.9 Å². The maximum atomic E-state index is 11.6. The van der Waals surface area contributed by atoms with E-state index in [4.69, 9.17) is 10.2 Å². The fourth-order valence-electron chi connectivity index (χ4n) is 1.31. The van der Waals surface area contributed by atoms with Gasteiger partial charge in [0.15, 0.2) is 0 Å². The molecule has 0 saturated heterocycles. The van der Waals surface area contributed by atoms with E-state index in [9.17, 15) is 14.4 Å². The van der Waals surface area contributed by atoms with Crippen LogP contribution in [0.25, 0.3) is 0 Å². The average molecular weight is 255 g/mol. The molecule has 1 atom stereocenters. The Morgan fingerprint density at radius 2 is 2.11 bits per heavy atom. The number of aryl methyl sites for hydroxylation is 1. The molecule has 0 aliphatic rings. The molecular weight excluding hydrogens is 242 g/mol. The van der Waals surface area contributed by atoms with Crippen LogP contribution in [-0.2, 0) is 16.6 Å². The Balaban J connectivity index is 2.63. The first-order valence-electron chi connectivity index (χ1n) is 5.14. The van der Waals surface area contributed by atoms with E-state index in [1.54, 1.807) is 7.05 Å². The fraction of sp³-hybridized carbons (Fsp3) is 0.400. The number of amides is 1. The first-order chi connectivity index (χ1) is 8.40. The van der Waals surface area contributed by atoms with Crippen LogP contribution in [0, 0.1) is 0 Å². The first-order valence-corrected chi connectivity index (χ1v) is 5.14. The number of hydrogen-bond donors (Lipinski definition) is 3. The molecule has 0 aromatic carbocycles. The summed E-state index contributed by atoms with van der Waals surface area (Å²) in [5.41, 5.74) is 0.221. The molecule has 8 nitrogen and oxygen atoms in total. The summed E-state index contributed by atoms with van der Waals surface area (Å²) in [6.45, 7) is 0. The standard InChI is InChI=1S/C10H13N3O5/c1-13-5-6(4-11-13)9(16)12-7(10(17)18)2-3-8(14)15/h4-5,7H,2-3H2,1H3,(H,12,16)(H,14,15)(H,17,18)/t7-/m0/s1. The van der Waals surface area contributed by atoms with Crippen molar-refractivity contribution in [2.75, 3.05) is 0 Å². The summed E-state index contributed by atoms with van der Waals surface area (Å²) in [5.74, 6) is -2.98. The van der Waals surface area contributed by atoms with Crippen molar-refractivity contribution in [3.63, 3.8) is 0 Å². The van der Waals surface area contributed by atoms with Crippen molar-refractivity contribution in [1.82, 2.24) is 15.1 Å². The maximum Gasteiger partial charge on any atom is 0.326 e. The smallest absolute Gasteiger partial charge is 0.326 e. The Morgan fingerprint density at radius 1 is 1.44 bits per heavy atom. The molecule has 0 spiro atoms. The highest BCUT2D eigenvalue weighted by Crippen LogP contribution is 2.02. The number of carbonyl (C=O) groups is 3. The van der Waals surface area contributed by atoms with Gasteiger partial charge in [-0.3, -0.25) is 14.3 Å². The largest absolute Gasteiger partial charge is 0.481 e. The van der Waals surface area contributed by atoms with Gasteiger partial charge in [0.25, 0.3) is 5.91 Å². The minimum absolute atomic E-state index is 0.170. The molecule has 1 rings (SSSR count). The topological polar surface area (TPSA) is 122 Å². The Hall–Kier alpha value is -2.38. The van der Waals surface area contributed by atoms with E-state index in [1.165, 1.54) is 17.1 Å². The van der Waals surface area contributed by atoms with E-state index in [0.717, 1.165) is 0 Å². The molecular formula is C10H13N3O5. The van der Waals surface area contributed by atoms with Gasteiger partial charge in [0.05, 0.1) is 11.8 Å². The molecule has 98 valence electrons. The van der Waals surface area contributed by atoms with Crippen LogP contribution < -0.4 is 5.32 Å². The monoisotopic (exact) mass is 255 g/mol. The molecule has 1 aromatic rings.